The van der Waals surface area contributed by atoms with Crippen LogP contribution in [0.3, 0.4) is 0 Å². The van der Waals surface area contributed by atoms with Gasteiger partial charge in [-0.05, 0) is 41.8 Å². The van der Waals surface area contributed by atoms with E-state index in [-0.39, 0.29) is 11.5 Å². The van der Waals surface area contributed by atoms with Gasteiger partial charge >= 0.3 is 0 Å². The Kier molecular flexibility index (Phi) is 4.99. The molecule has 32 heavy (non-hydrogen) atoms. The van der Waals surface area contributed by atoms with E-state index >= 15 is 0 Å². The zero-order valence-corrected chi connectivity index (χ0v) is 17.5. The first-order chi connectivity index (χ1) is 15.6. The minimum Gasteiger partial charge on any atom is -0.330 e. The first kappa shape index (κ1) is 19.7. The third-order valence-corrected chi connectivity index (χ3v) is 5.61. The van der Waals surface area contributed by atoms with Crippen molar-refractivity contribution >= 4 is 22.5 Å². The van der Waals surface area contributed by atoms with E-state index in [0.717, 1.165) is 16.7 Å². The van der Waals surface area contributed by atoms with E-state index < -0.39 is 0 Å². The highest BCUT2D eigenvalue weighted by atomic mass is 16.2. The van der Waals surface area contributed by atoms with Gasteiger partial charge in [0.15, 0.2) is 0 Å². The van der Waals surface area contributed by atoms with Crippen LogP contribution in [0, 0.1) is 6.92 Å². The van der Waals surface area contributed by atoms with Gasteiger partial charge in [0, 0.05) is 25.5 Å². The Hall–Kier alpha value is -4.26. The molecule has 7 heteroatoms. The Balaban J connectivity index is 1.59. The fraction of sp³-hybridized carbons (Fsp3) is 0.120. The second-order valence-electron chi connectivity index (χ2n) is 7.74. The van der Waals surface area contributed by atoms with Crippen LogP contribution in [0.1, 0.15) is 27.0 Å². The Labute approximate surface area is 184 Å². The number of H-pyrrole nitrogens is 1. The van der Waals surface area contributed by atoms with Gasteiger partial charge in [0.2, 0.25) is 0 Å². The molecule has 1 N–H and O–H groups in total. The summed E-state index contributed by atoms with van der Waals surface area (Å²) in [6.45, 7) is 2.84. The minimum absolute atomic E-state index is 0.210. The molecule has 2 aromatic carbocycles. The molecular weight excluding hydrogens is 402 g/mol. The van der Waals surface area contributed by atoms with Crippen LogP contribution in [-0.2, 0) is 13.1 Å². The van der Waals surface area contributed by atoms with Gasteiger partial charge in [-0.2, -0.15) is 5.10 Å². The quantitative estimate of drug-likeness (QED) is 0.467. The summed E-state index contributed by atoms with van der Waals surface area (Å²) < 4.78 is 1.61. The van der Waals surface area contributed by atoms with Gasteiger partial charge < -0.3 is 9.88 Å². The van der Waals surface area contributed by atoms with Crippen molar-refractivity contribution in [3.05, 3.63) is 112 Å². The molecule has 0 spiro atoms. The highest BCUT2D eigenvalue weighted by Crippen LogP contribution is 2.20. The minimum atomic E-state index is -0.250. The van der Waals surface area contributed by atoms with E-state index in [1.165, 1.54) is 6.20 Å². The summed E-state index contributed by atoms with van der Waals surface area (Å²) in [5.74, 6) is -0.210. The Morgan fingerprint density at radius 2 is 1.81 bits per heavy atom. The number of aromatic nitrogens is 4. The van der Waals surface area contributed by atoms with Crippen molar-refractivity contribution in [2.24, 2.45) is 0 Å². The summed E-state index contributed by atoms with van der Waals surface area (Å²) in [5, 5.41) is 4.93. The van der Waals surface area contributed by atoms with Crippen molar-refractivity contribution in [1.82, 2.24) is 24.5 Å². The fourth-order valence-electron chi connectivity index (χ4n) is 3.91. The predicted molar refractivity (Wildman–Crippen MR) is 122 cm³/mol. The van der Waals surface area contributed by atoms with Crippen molar-refractivity contribution in [3.8, 4) is 0 Å². The number of fused-ring (bicyclic) bond motifs is 3. The summed E-state index contributed by atoms with van der Waals surface area (Å²) in [6.07, 6.45) is 4.98. The number of hydrogen-bond donors (Lipinski definition) is 1. The summed E-state index contributed by atoms with van der Waals surface area (Å²) >= 11 is 0. The molecule has 0 saturated heterocycles. The number of nitrogens with one attached hydrogen (secondary N) is 1. The molecule has 158 valence electrons. The number of aryl methyl sites for hydroxylation is 1. The van der Waals surface area contributed by atoms with Crippen molar-refractivity contribution in [2.45, 2.75) is 20.0 Å². The van der Waals surface area contributed by atoms with E-state index in [1.54, 1.807) is 33.9 Å². The van der Waals surface area contributed by atoms with Crippen LogP contribution in [0.5, 0.6) is 0 Å². The fourth-order valence-corrected chi connectivity index (χ4v) is 3.91. The molecule has 3 heterocycles. The second-order valence-corrected chi connectivity index (χ2v) is 7.74. The average molecular weight is 423 g/mol. The van der Waals surface area contributed by atoms with E-state index in [1.807, 2.05) is 55.5 Å². The topological polar surface area (TPSA) is 83.4 Å². The van der Waals surface area contributed by atoms with Gasteiger partial charge in [0.25, 0.3) is 11.5 Å². The highest BCUT2D eigenvalue weighted by Gasteiger charge is 2.23. The molecule has 0 saturated carbocycles. The lowest BCUT2D eigenvalue weighted by molar-refractivity contribution is 0.0731. The number of carbonyl (C=O) groups is 1. The lowest BCUT2D eigenvalue weighted by Gasteiger charge is -2.23. The molecule has 0 radical (unpaired) electrons. The van der Waals surface area contributed by atoms with E-state index in [9.17, 15) is 9.59 Å². The monoisotopic (exact) mass is 423 g/mol. The van der Waals surface area contributed by atoms with Crippen molar-refractivity contribution in [1.29, 1.82) is 0 Å². The van der Waals surface area contributed by atoms with Gasteiger partial charge in [-0.15, -0.1) is 0 Å². The third-order valence-electron chi connectivity index (χ3n) is 5.61. The molecule has 0 atom stereocenters. The van der Waals surface area contributed by atoms with Crippen LogP contribution >= 0.6 is 0 Å². The number of aromatic amines is 1. The summed E-state index contributed by atoms with van der Waals surface area (Å²) in [6, 6.07) is 19.0. The van der Waals surface area contributed by atoms with Gasteiger partial charge in [-0.3, -0.25) is 14.6 Å². The zero-order chi connectivity index (χ0) is 22.1. The first-order valence-corrected chi connectivity index (χ1v) is 10.3. The summed E-state index contributed by atoms with van der Waals surface area (Å²) in [7, 11) is 0. The number of rotatable bonds is 5. The van der Waals surface area contributed by atoms with Gasteiger partial charge in [0.05, 0.1) is 17.1 Å². The van der Waals surface area contributed by atoms with Crippen LogP contribution in [0.2, 0.25) is 0 Å². The maximum absolute atomic E-state index is 13.7. The Morgan fingerprint density at radius 3 is 2.62 bits per heavy atom. The first-order valence-electron chi connectivity index (χ1n) is 10.3. The zero-order valence-electron chi connectivity index (χ0n) is 17.5. The van der Waals surface area contributed by atoms with Gasteiger partial charge in [0.1, 0.15) is 11.2 Å². The molecule has 7 nitrogen and oxygen atoms in total. The summed E-state index contributed by atoms with van der Waals surface area (Å²) in [5.41, 5.74) is 4.23. The highest BCUT2D eigenvalue weighted by molar-refractivity contribution is 6.00. The van der Waals surface area contributed by atoms with Gasteiger partial charge in [-0.1, -0.05) is 42.5 Å². The van der Waals surface area contributed by atoms with E-state index in [0.29, 0.717) is 35.2 Å². The van der Waals surface area contributed by atoms with Crippen LogP contribution in [0.25, 0.3) is 16.6 Å². The number of pyridine rings is 1. The van der Waals surface area contributed by atoms with Gasteiger partial charge in [-0.25, -0.2) is 4.52 Å². The standard InChI is InChI=1S/C25H21N5O2/c1-17-7-2-3-9-19(17)16-29(15-18-8-6-12-26-13-18)25(32)21-14-27-30-22-11-5-4-10-20(22)24(31)28-23(21)30/h2-14H,15-16H2,1H3,(H,28,31). The molecule has 0 unspecified atom stereocenters. The molecule has 1 amide bonds. The number of nitrogens with zero attached hydrogens (tertiary/aromatic N) is 4. The van der Waals surface area contributed by atoms with Crippen LogP contribution in [0.4, 0.5) is 0 Å². The second kappa shape index (κ2) is 8.11. The molecule has 0 fully saturated rings. The Bertz CT molecular complexity index is 1490. The third kappa shape index (κ3) is 3.54. The van der Waals surface area contributed by atoms with Crippen molar-refractivity contribution in [2.75, 3.05) is 0 Å². The molecule has 3 aromatic heterocycles. The smallest absolute Gasteiger partial charge is 0.259 e. The lowest BCUT2D eigenvalue weighted by Crippen LogP contribution is -2.30. The molecule has 0 aliphatic heterocycles. The number of para-hydroxylation sites is 1. The van der Waals surface area contributed by atoms with Crippen LogP contribution in [-0.4, -0.2) is 30.4 Å². The molecular formula is C25H21N5O2. The Morgan fingerprint density at radius 1 is 1.00 bits per heavy atom. The summed E-state index contributed by atoms with van der Waals surface area (Å²) in [4.78, 5) is 35.1. The molecule has 5 rings (SSSR count). The van der Waals surface area contributed by atoms with E-state index in [2.05, 4.69) is 15.1 Å². The number of benzene rings is 2. The number of amides is 1. The molecule has 0 bridgehead atoms. The lowest BCUT2D eigenvalue weighted by atomic mass is 10.1. The molecule has 5 aromatic rings. The van der Waals surface area contributed by atoms with E-state index in [4.69, 9.17) is 0 Å². The molecule has 0 aliphatic carbocycles. The normalized spacial score (nSPS) is 11.2. The maximum Gasteiger partial charge on any atom is 0.259 e. The molecule has 0 aliphatic rings. The number of hydrogen-bond acceptors (Lipinski definition) is 4. The van der Waals surface area contributed by atoms with Crippen molar-refractivity contribution < 1.29 is 4.79 Å². The van der Waals surface area contributed by atoms with Crippen molar-refractivity contribution in [3.63, 3.8) is 0 Å². The maximum atomic E-state index is 13.7. The van der Waals surface area contributed by atoms with Crippen LogP contribution < -0.4 is 5.56 Å². The average Bonchev–Trinajstić information content (AvgIpc) is 3.24. The SMILES string of the molecule is Cc1ccccc1CN(Cc1cccnc1)C(=O)c1cnn2c1[nH]c(=O)c1ccccc12. The predicted octanol–water partition coefficient (Wildman–Crippen LogP) is 3.72. The number of carbonyl (C=O) groups excluding carboxylic acids is 1. The largest absolute Gasteiger partial charge is 0.330 e. The van der Waals surface area contributed by atoms with Crippen LogP contribution in [0.15, 0.2) is 84.0 Å².